The molecule has 0 saturated heterocycles. The second-order valence-corrected chi connectivity index (χ2v) is 12.8. The zero-order valence-electron chi connectivity index (χ0n) is 19.5. The highest BCUT2D eigenvalue weighted by molar-refractivity contribution is 7.91. The lowest BCUT2D eigenvalue weighted by Gasteiger charge is -2.36. The predicted octanol–water partition coefficient (Wildman–Crippen LogP) is 5.92. The molecule has 5 nitrogen and oxygen atoms in total. The number of hydrogen-bond donors (Lipinski definition) is 0. The summed E-state index contributed by atoms with van der Waals surface area (Å²) in [6.07, 6.45) is 6.04. The molecule has 1 fully saturated rings. The fourth-order valence-electron chi connectivity index (χ4n) is 4.99. The summed E-state index contributed by atoms with van der Waals surface area (Å²) in [6.45, 7) is 12.0. The lowest BCUT2D eigenvalue weighted by Crippen LogP contribution is -2.27. The van der Waals surface area contributed by atoms with Crippen LogP contribution in [-0.4, -0.2) is 23.0 Å². The van der Waals surface area contributed by atoms with Crippen molar-refractivity contribution in [3.8, 4) is 0 Å². The van der Waals surface area contributed by atoms with Crippen LogP contribution in [0.1, 0.15) is 66.1 Å². The highest BCUT2D eigenvalue weighted by atomic mass is 32.2. The number of hydrogen-bond acceptors (Lipinski definition) is 4. The largest absolute Gasteiger partial charge is 0.327 e. The lowest BCUT2D eigenvalue weighted by molar-refractivity contribution is 0.165. The minimum atomic E-state index is -3.86. The van der Waals surface area contributed by atoms with E-state index in [0.717, 1.165) is 24.0 Å². The Balaban J connectivity index is 1.78. The van der Waals surface area contributed by atoms with Gasteiger partial charge in [-0.25, -0.2) is 18.4 Å². The van der Waals surface area contributed by atoms with Gasteiger partial charge in [-0.15, -0.1) is 0 Å². The van der Waals surface area contributed by atoms with Gasteiger partial charge in [-0.1, -0.05) is 41.0 Å². The second-order valence-electron chi connectivity index (χ2n) is 10.9. The van der Waals surface area contributed by atoms with Gasteiger partial charge in [0, 0.05) is 24.2 Å². The van der Waals surface area contributed by atoms with Crippen molar-refractivity contribution in [2.75, 3.05) is 0 Å². The van der Waals surface area contributed by atoms with E-state index in [2.05, 4.69) is 44.2 Å². The monoisotopic (exact) mass is 457 g/mol. The average molecular weight is 458 g/mol. The molecule has 0 bridgehead atoms. The van der Waals surface area contributed by atoms with Gasteiger partial charge in [0.25, 0.3) is 0 Å². The Hall–Kier alpha value is -2.28. The summed E-state index contributed by atoms with van der Waals surface area (Å²) < 4.78 is 42.0. The van der Waals surface area contributed by atoms with Crippen LogP contribution in [0.2, 0.25) is 0 Å². The van der Waals surface area contributed by atoms with Crippen LogP contribution in [0.15, 0.2) is 46.3 Å². The quantitative estimate of drug-likeness (QED) is 0.456. The summed E-state index contributed by atoms with van der Waals surface area (Å²) in [6, 6.07) is 7.32. The smallest absolute Gasteiger partial charge is 0.214 e. The van der Waals surface area contributed by atoms with Crippen LogP contribution in [0.3, 0.4) is 0 Å². The van der Waals surface area contributed by atoms with E-state index in [4.69, 9.17) is 4.98 Å². The Morgan fingerprint density at radius 3 is 2.53 bits per heavy atom. The third-order valence-corrected chi connectivity index (χ3v) is 8.21. The van der Waals surface area contributed by atoms with Gasteiger partial charge in [-0.3, -0.25) is 0 Å². The van der Waals surface area contributed by atoms with Gasteiger partial charge in [0.15, 0.2) is 0 Å². The van der Waals surface area contributed by atoms with Crippen LogP contribution in [0, 0.1) is 17.3 Å². The first-order valence-corrected chi connectivity index (χ1v) is 12.7. The molecule has 1 saturated carbocycles. The highest BCUT2D eigenvalue weighted by Gasteiger charge is 2.31. The maximum atomic E-state index is 13.5. The number of rotatable bonds is 4. The van der Waals surface area contributed by atoms with Gasteiger partial charge in [0.05, 0.1) is 20.8 Å². The van der Waals surface area contributed by atoms with Crippen LogP contribution < -0.4 is 0 Å². The Morgan fingerprint density at radius 2 is 1.88 bits per heavy atom. The zero-order chi connectivity index (χ0) is 23.3. The fourth-order valence-corrected chi connectivity index (χ4v) is 6.27. The molecule has 1 aliphatic carbocycles. The normalized spacial score (nSPS) is 19.4. The SMILES string of the molecule is CC1(C)CCCC(Cn2c(C(C)(C)C)nc3cc(S(=O)(=O)c4ccnc(F)c4)ccc32)C1. The number of sulfone groups is 1. The molecule has 32 heavy (non-hydrogen) atoms. The Kier molecular flexibility index (Phi) is 5.68. The molecule has 0 amide bonds. The molecule has 1 atom stereocenters. The lowest BCUT2D eigenvalue weighted by atomic mass is 9.72. The van der Waals surface area contributed by atoms with E-state index in [1.54, 1.807) is 12.1 Å². The molecule has 3 aromatic rings. The van der Waals surface area contributed by atoms with Crippen molar-refractivity contribution in [2.24, 2.45) is 11.3 Å². The van der Waals surface area contributed by atoms with Crippen LogP contribution in [0.25, 0.3) is 11.0 Å². The molecule has 2 aromatic heterocycles. The van der Waals surface area contributed by atoms with E-state index in [1.165, 1.54) is 37.9 Å². The molecule has 0 N–H and O–H groups in total. The van der Waals surface area contributed by atoms with Crippen molar-refractivity contribution in [1.29, 1.82) is 0 Å². The van der Waals surface area contributed by atoms with E-state index in [-0.39, 0.29) is 15.2 Å². The molecule has 172 valence electrons. The molecule has 1 unspecified atom stereocenters. The van der Waals surface area contributed by atoms with Gasteiger partial charge in [-0.2, -0.15) is 4.39 Å². The van der Waals surface area contributed by atoms with Gasteiger partial charge < -0.3 is 4.57 Å². The number of benzene rings is 1. The number of halogens is 1. The fraction of sp³-hybridized carbons (Fsp3) is 0.520. The molecule has 7 heteroatoms. The number of fused-ring (bicyclic) bond motifs is 1. The minimum Gasteiger partial charge on any atom is -0.327 e. The summed E-state index contributed by atoms with van der Waals surface area (Å²) in [5.74, 6) is 0.711. The Bertz CT molecular complexity index is 1260. The van der Waals surface area contributed by atoms with Gasteiger partial charge in [0.1, 0.15) is 5.82 Å². The van der Waals surface area contributed by atoms with E-state index in [9.17, 15) is 12.8 Å². The first-order chi connectivity index (χ1) is 14.9. The first-order valence-electron chi connectivity index (χ1n) is 11.2. The van der Waals surface area contributed by atoms with Crippen molar-refractivity contribution in [3.05, 3.63) is 48.3 Å². The van der Waals surface area contributed by atoms with E-state index >= 15 is 0 Å². The maximum absolute atomic E-state index is 13.5. The zero-order valence-corrected chi connectivity index (χ0v) is 20.3. The van der Waals surface area contributed by atoms with E-state index < -0.39 is 15.8 Å². The third kappa shape index (κ3) is 4.45. The molecular weight excluding hydrogens is 425 g/mol. The van der Waals surface area contributed by atoms with Crippen LogP contribution in [0.5, 0.6) is 0 Å². The molecule has 0 spiro atoms. The number of nitrogens with zero attached hydrogens (tertiary/aromatic N) is 3. The molecule has 1 aromatic carbocycles. The number of pyridine rings is 1. The number of aromatic nitrogens is 3. The third-order valence-electron chi connectivity index (χ3n) is 6.46. The summed E-state index contributed by atoms with van der Waals surface area (Å²) in [5, 5.41) is 0. The van der Waals surface area contributed by atoms with Crippen molar-refractivity contribution in [3.63, 3.8) is 0 Å². The molecule has 1 aliphatic rings. The second kappa shape index (κ2) is 7.94. The molecule has 2 heterocycles. The van der Waals surface area contributed by atoms with Gasteiger partial charge >= 0.3 is 0 Å². The average Bonchev–Trinajstić information content (AvgIpc) is 3.05. The van der Waals surface area contributed by atoms with Crippen molar-refractivity contribution < 1.29 is 12.8 Å². The molecule has 4 rings (SSSR count). The van der Waals surface area contributed by atoms with Crippen LogP contribution in [-0.2, 0) is 21.8 Å². The Labute approximate surface area is 190 Å². The molecule has 0 radical (unpaired) electrons. The first kappa shape index (κ1) is 22.9. The van der Waals surface area contributed by atoms with Crippen LogP contribution >= 0.6 is 0 Å². The summed E-state index contributed by atoms with van der Waals surface area (Å²) in [7, 11) is -3.86. The van der Waals surface area contributed by atoms with Crippen molar-refractivity contribution in [2.45, 2.75) is 82.1 Å². The molecule has 0 aliphatic heterocycles. The van der Waals surface area contributed by atoms with Crippen molar-refractivity contribution >= 4 is 20.9 Å². The standard InChI is InChI=1S/C25H32FN3O2S/c1-24(2,3)23-28-20-13-18(32(30,31)19-10-12-27-22(26)14-19)8-9-21(20)29(23)16-17-7-6-11-25(4,5)15-17/h8-10,12-14,17H,6-7,11,15-16H2,1-5H3. The van der Waals surface area contributed by atoms with Crippen LogP contribution in [0.4, 0.5) is 4.39 Å². The summed E-state index contributed by atoms with van der Waals surface area (Å²) in [5.41, 5.74) is 1.76. The van der Waals surface area contributed by atoms with E-state index in [0.29, 0.717) is 16.8 Å². The van der Waals surface area contributed by atoms with Gasteiger partial charge in [0.2, 0.25) is 15.8 Å². The van der Waals surface area contributed by atoms with Crippen molar-refractivity contribution in [1.82, 2.24) is 14.5 Å². The molecular formula is C25H32FN3O2S. The predicted molar refractivity (Wildman–Crippen MR) is 124 cm³/mol. The summed E-state index contributed by atoms with van der Waals surface area (Å²) in [4.78, 5) is 8.34. The number of imidazole rings is 1. The minimum absolute atomic E-state index is 0.107. The van der Waals surface area contributed by atoms with Gasteiger partial charge in [-0.05, 0) is 54.9 Å². The topological polar surface area (TPSA) is 64.8 Å². The highest BCUT2D eigenvalue weighted by Crippen LogP contribution is 2.40. The maximum Gasteiger partial charge on any atom is 0.214 e. The van der Waals surface area contributed by atoms with E-state index in [1.807, 2.05) is 6.07 Å². The summed E-state index contributed by atoms with van der Waals surface area (Å²) >= 11 is 0. The Morgan fingerprint density at radius 1 is 1.16 bits per heavy atom.